The summed E-state index contributed by atoms with van der Waals surface area (Å²) < 4.78 is 2.30. The van der Waals surface area contributed by atoms with E-state index in [2.05, 4.69) is 17.6 Å². The Morgan fingerprint density at radius 3 is 3.11 bits per heavy atom. The van der Waals surface area contributed by atoms with Gasteiger partial charge in [-0.3, -0.25) is 0 Å². The van der Waals surface area contributed by atoms with E-state index in [4.69, 9.17) is 10.2 Å². The molecule has 1 aliphatic heterocycles. The number of hydrogen-bond donors (Lipinski definition) is 0. The maximum Gasteiger partial charge on any atom is 0.113 e. The lowest BCUT2D eigenvalue weighted by molar-refractivity contribution is 0.640. The molecular formula is C14H15N3S. The average molecular weight is 257 g/mol. The van der Waals surface area contributed by atoms with Crippen LogP contribution >= 0.6 is 11.8 Å². The van der Waals surface area contributed by atoms with Crippen molar-refractivity contribution in [2.75, 3.05) is 11.5 Å². The number of nitriles is 1. The van der Waals surface area contributed by atoms with Crippen LogP contribution in [0.1, 0.15) is 30.7 Å². The molecule has 1 aromatic heterocycles. The Bertz CT molecular complexity index is 618. The average Bonchev–Trinajstić information content (AvgIpc) is 3.04. The second kappa shape index (κ2) is 4.66. The Kier molecular flexibility index (Phi) is 3.00. The third kappa shape index (κ3) is 1.79. The van der Waals surface area contributed by atoms with Crippen molar-refractivity contribution in [3.63, 3.8) is 0 Å². The maximum absolute atomic E-state index is 8.95. The molecule has 2 aromatic rings. The Morgan fingerprint density at radius 2 is 2.44 bits per heavy atom. The molecule has 2 heterocycles. The van der Waals surface area contributed by atoms with Crippen LogP contribution in [-0.2, 0) is 6.54 Å². The van der Waals surface area contributed by atoms with Crippen LogP contribution in [0.2, 0.25) is 0 Å². The molecule has 1 saturated heterocycles. The topological polar surface area (TPSA) is 41.6 Å². The molecule has 0 amide bonds. The van der Waals surface area contributed by atoms with Gasteiger partial charge in [-0.25, -0.2) is 4.98 Å². The summed E-state index contributed by atoms with van der Waals surface area (Å²) in [4.78, 5) is 4.77. The fourth-order valence-electron chi connectivity index (χ4n) is 2.60. The van der Waals surface area contributed by atoms with Gasteiger partial charge < -0.3 is 4.57 Å². The van der Waals surface area contributed by atoms with Gasteiger partial charge in [-0.15, -0.1) is 0 Å². The van der Waals surface area contributed by atoms with Crippen LogP contribution in [0.25, 0.3) is 11.0 Å². The summed E-state index contributed by atoms with van der Waals surface area (Å²) >= 11 is 2.01. The second-order valence-electron chi connectivity index (χ2n) is 4.59. The van der Waals surface area contributed by atoms with E-state index in [1.54, 1.807) is 0 Å². The molecule has 0 bridgehead atoms. The monoisotopic (exact) mass is 257 g/mol. The van der Waals surface area contributed by atoms with Crippen molar-refractivity contribution in [2.24, 2.45) is 0 Å². The summed E-state index contributed by atoms with van der Waals surface area (Å²) in [6, 6.07) is 7.98. The van der Waals surface area contributed by atoms with E-state index in [1.807, 2.05) is 30.0 Å². The molecule has 0 saturated carbocycles. The van der Waals surface area contributed by atoms with E-state index in [0.717, 1.165) is 17.6 Å². The van der Waals surface area contributed by atoms with Gasteiger partial charge in [0.1, 0.15) is 5.82 Å². The Hall–Kier alpha value is -1.47. The van der Waals surface area contributed by atoms with E-state index < -0.39 is 0 Å². The van der Waals surface area contributed by atoms with E-state index in [-0.39, 0.29) is 0 Å². The predicted molar refractivity (Wildman–Crippen MR) is 74.8 cm³/mol. The molecule has 1 unspecified atom stereocenters. The van der Waals surface area contributed by atoms with Gasteiger partial charge in [0.2, 0.25) is 0 Å². The summed E-state index contributed by atoms with van der Waals surface area (Å²) in [5.41, 5.74) is 2.81. The Balaban J connectivity index is 2.16. The van der Waals surface area contributed by atoms with Gasteiger partial charge in [0.15, 0.2) is 0 Å². The Morgan fingerprint density at radius 1 is 1.56 bits per heavy atom. The molecule has 92 valence electrons. The lowest BCUT2D eigenvalue weighted by atomic mass is 10.1. The number of aryl methyl sites for hydroxylation is 1. The van der Waals surface area contributed by atoms with Crippen LogP contribution in [0.3, 0.4) is 0 Å². The minimum absolute atomic E-state index is 0.577. The largest absolute Gasteiger partial charge is 0.328 e. The van der Waals surface area contributed by atoms with Gasteiger partial charge in [0.25, 0.3) is 0 Å². The van der Waals surface area contributed by atoms with Crippen molar-refractivity contribution in [3.8, 4) is 6.07 Å². The first kappa shape index (κ1) is 11.6. The second-order valence-corrected chi connectivity index (χ2v) is 5.74. The number of aromatic nitrogens is 2. The highest BCUT2D eigenvalue weighted by molar-refractivity contribution is 7.99. The summed E-state index contributed by atoms with van der Waals surface area (Å²) in [6.07, 6.45) is 1.22. The number of benzene rings is 1. The molecule has 1 fully saturated rings. The third-order valence-corrected chi connectivity index (χ3v) is 4.68. The number of thioether (sulfide) groups is 1. The Labute approximate surface area is 111 Å². The zero-order valence-corrected chi connectivity index (χ0v) is 11.2. The smallest absolute Gasteiger partial charge is 0.113 e. The van der Waals surface area contributed by atoms with Gasteiger partial charge >= 0.3 is 0 Å². The van der Waals surface area contributed by atoms with Gasteiger partial charge in [0, 0.05) is 18.2 Å². The van der Waals surface area contributed by atoms with E-state index in [0.29, 0.717) is 11.5 Å². The fraction of sp³-hybridized carbons (Fsp3) is 0.429. The first-order valence-corrected chi connectivity index (χ1v) is 7.47. The molecular weight excluding hydrogens is 242 g/mol. The molecule has 3 rings (SSSR count). The normalized spacial score (nSPS) is 19.2. The highest BCUT2D eigenvalue weighted by Crippen LogP contribution is 2.33. The summed E-state index contributed by atoms with van der Waals surface area (Å²) in [7, 11) is 0. The van der Waals surface area contributed by atoms with Crippen molar-refractivity contribution < 1.29 is 0 Å². The van der Waals surface area contributed by atoms with Crippen molar-refractivity contribution in [1.29, 1.82) is 5.26 Å². The maximum atomic E-state index is 8.95. The van der Waals surface area contributed by atoms with E-state index in [9.17, 15) is 0 Å². The highest BCUT2D eigenvalue weighted by Gasteiger charge is 2.23. The lowest BCUT2D eigenvalue weighted by Gasteiger charge is -2.10. The van der Waals surface area contributed by atoms with Crippen molar-refractivity contribution in [1.82, 2.24) is 9.55 Å². The molecule has 0 radical (unpaired) electrons. The highest BCUT2D eigenvalue weighted by atomic mass is 32.2. The van der Waals surface area contributed by atoms with Crippen LogP contribution < -0.4 is 0 Å². The van der Waals surface area contributed by atoms with Gasteiger partial charge in [-0.05, 0) is 37.3 Å². The van der Waals surface area contributed by atoms with Crippen molar-refractivity contribution in [2.45, 2.75) is 25.8 Å². The predicted octanol–water partition coefficient (Wildman–Crippen LogP) is 3.15. The lowest BCUT2D eigenvalue weighted by Crippen LogP contribution is -2.07. The molecule has 3 nitrogen and oxygen atoms in total. The summed E-state index contributed by atoms with van der Waals surface area (Å²) in [5.74, 6) is 4.19. The standard InChI is InChI=1S/C14H15N3S/c1-2-17-13-4-3-10(8-15)7-12(13)16-14(17)11-5-6-18-9-11/h3-4,7,11H,2,5-6,9H2,1H3. The molecule has 0 aliphatic carbocycles. The number of imidazole rings is 1. The van der Waals surface area contributed by atoms with Crippen molar-refractivity contribution >= 4 is 22.8 Å². The van der Waals surface area contributed by atoms with Crippen LogP contribution in [0.4, 0.5) is 0 Å². The summed E-state index contributed by atoms with van der Waals surface area (Å²) in [5, 5.41) is 8.95. The zero-order chi connectivity index (χ0) is 12.5. The van der Waals surface area contributed by atoms with E-state index >= 15 is 0 Å². The molecule has 1 aliphatic rings. The quantitative estimate of drug-likeness (QED) is 0.830. The first-order chi connectivity index (χ1) is 8.83. The van der Waals surface area contributed by atoms with Gasteiger partial charge in [0.05, 0.1) is 22.7 Å². The minimum Gasteiger partial charge on any atom is -0.328 e. The SMILES string of the molecule is CCn1c(C2CCSC2)nc2cc(C#N)ccc21. The first-order valence-electron chi connectivity index (χ1n) is 6.31. The van der Waals surface area contributed by atoms with Gasteiger partial charge in [-0.2, -0.15) is 17.0 Å². The third-order valence-electron chi connectivity index (χ3n) is 3.52. The molecule has 4 heteroatoms. The van der Waals surface area contributed by atoms with Crippen LogP contribution in [0, 0.1) is 11.3 Å². The van der Waals surface area contributed by atoms with Crippen LogP contribution in [0.15, 0.2) is 18.2 Å². The number of fused-ring (bicyclic) bond motifs is 1. The fourth-order valence-corrected chi connectivity index (χ4v) is 3.82. The van der Waals surface area contributed by atoms with Crippen LogP contribution in [-0.4, -0.2) is 21.1 Å². The number of rotatable bonds is 2. The van der Waals surface area contributed by atoms with E-state index in [1.165, 1.54) is 23.8 Å². The molecule has 0 spiro atoms. The molecule has 0 N–H and O–H groups in total. The van der Waals surface area contributed by atoms with Crippen molar-refractivity contribution in [3.05, 3.63) is 29.6 Å². The minimum atomic E-state index is 0.577. The zero-order valence-electron chi connectivity index (χ0n) is 10.4. The van der Waals surface area contributed by atoms with Gasteiger partial charge in [-0.1, -0.05) is 0 Å². The molecule has 1 aromatic carbocycles. The number of hydrogen-bond acceptors (Lipinski definition) is 3. The molecule has 1 atom stereocenters. The molecule has 18 heavy (non-hydrogen) atoms. The number of nitrogens with zero attached hydrogens (tertiary/aromatic N) is 3. The summed E-state index contributed by atoms with van der Waals surface area (Å²) in [6.45, 7) is 3.10. The van der Waals surface area contributed by atoms with Crippen LogP contribution in [0.5, 0.6) is 0 Å².